The molecule has 0 radical (unpaired) electrons. The van der Waals surface area contributed by atoms with Crippen LogP contribution in [-0.2, 0) is 20.9 Å². The van der Waals surface area contributed by atoms with Crippen molar-refractivity contribution in [3.63, 3.8) is 0 Å². The average Bonchev–Trinajstić information content (AvgIpc) is 2.60. The average molecular weight is 370 g/mol. The van der Waals surface area contributed by atoms with E-state index in [-0.39, 0.29) is 43.5 Å². The Bertz CT molecular complexity index is 621. The number of hydrogen-bond donors (Lipinski definition) is 3. The van der Waals surface area contributed by atoms with Crippen LogP contribution in [0.5, 0.6) is 0 Å². The van der Waals surface area contributed by atoms with Gasteiger partial charge in [-0.15, -0.1) is 0 Å². The molecule has 26 heavy (non-hydrogen) atoms. The monoisotopic (exact) mass is 370 g/mol. The number of carbonyl (C=O) groups excluding carboxylic acids is 2. The Morgan fingerprint density at radius 2 is 1.88 bits per heavy atom. The zero-order valence-electron chi connectivity index (χ0n) is 14.6. The van der Waals surface area contributed by atoms with Crippen LogP contribution in [0.15, 0.2) is 18.2 Å². The second-order valence-corrected chi connectivity index (χ2v) is 6.34. The predicted octanol–water partition coefficient (Wildman–Crippen LogP) is 1.41. The maximum atomic E-state index is 13.1. The van der Waals surface area contributed by atoms with Crippen molar-refractivity contribution in [1.29, 1.82) is 0 Å². The van der Waals surface area contributed by atoms with Crippen molar-refractivity contribution >= 4 is 11.8 Å². The third kappa shape index (κ3) is 6.03. The van der Waals surface area contributed by atoms with Crippen molar-refractivity contribution in [2.45, 2.75) is 57.4 Å². The Labute approximate surface area is 150 Å². The summed E-state index contributed by atoms with van der Waals surface area (Å²) in [5.74, 6) is -1.82. The second kappa shape index (κ2) is 9.59. The standard InChI is InChI=1S/C18H24F2N2O4/c1-2-17(24)22-15-4-3-14(26-16(15)10-23)8-18(25)21-9-11-5-12(19)7-13(20)6-11/h5-7,14-16,23H,2-4,8-10H2,1H3,(H,21,25)(H,22,24)/t14-,15+,16-/m0/s1. The molecule has 0 bridgehead atoms. The van der Waals surface area contributed by atoms with E-state index in [1.807, 2.05) is 0 Å². The van der Waals surface area contributed by atoms with E-state index in [0.717, 1.165) is 18.2 Å². The fourth-order valence-corrected chi connectivity index (χ4v) is 2.95. The maximum absolute atomic E-state index is 13.1. The summed E-state index contributed by atoms with van der Waals surface area (Å²) in [5.41, 5.74) is 0.330. The fraction of sp³-hybridized carbons (Fsp3) is 0.556. The molecule has 0 unspecified atom stereocenters. The van der Waals surface area contributed by atoms with E-state index in [4.69, 9.17) is 4.74 Å². The summed E-state index contributed by atoms with van der Waals surface area (Å²) < 4.78 is 32.0. The Hall–Kier alpha value is -2.06. The normalized spacial score (nSPS) is 22.7. The molecule has 1 heterocycles. The largest absolute Gasteiger partial charge is 0.394 e. The third-order valence-electron chi connectivity index (χ3n) is 4.29. The summed E-state index contributed by atoms with van der Waals surface area (Å²) in [5, 5.41) is 14.9. The van der Waals surface area contributed by atoms with Crippen molar-refractivity contribution in [1.82, 2.24) is 10.6 Å². The summed E-state index contributed by atoms with van der Waals surface area (Å²) in [7, 11) is 0. The highest BCUT2D eigenvalue weighted by atomic mass is 19.1. The minimum Gasteiger partial charge on any atom is -0.394 e. The number of benzene rings is 1. The summed E-state index contributed by atoms with van der Waals surface area (Å²) in [6, 6.07) is 2.80. The molecule has 2 rings (SSSR count). The Morgan fingerprint density at radius 1 is 1.19 bits per heavy atom. The molecule has 1 aliphatic heterocycles. The van der Waals surface area contributed by atoms with Gasteiger partial charge in [0.15, 0.2) is 0 Å². The van der Waals surface area contributed by atoms with Gasteiger partial charge in [0.05, 0.1) is 25.2 Å². The number of amides is 2. The second-order valence-electron chi connectivity index (χ2n) is 6.34. The molecule has 1 aromatic carbocycles. The van der Waals surface area contributed by atoms with Crippen molar-refractivity contribution in [2.24, 2.45) is 0 Å². The molecule has 0 aromatic heterocycles. The number of nitrogens with one attached hydrogen (secondary N) is 2. The highest BCUT2D eigenvalue weighted by Gasteiger charge is 2.32. The highest BCUT2D eigenvalue weighted by Crippen LogP contribution is 2.22. The lowest BCUT2D eigenvalue weighted by molar-refractivity contribution is -0.135. The van der Waals surface area contributed by atoms with Gasteiger partial charge in [-0.3, -0.25) is 9.59 Å². The van der Waals surface area contributed by atoms with Gasteiger partial charge in [0.25, 0.3) is 0 Å². The van der Waals surface area contributed by atoms with Gasteiger partial charge in [-0.05, 0) is 30.5 Å². The molecule has 1 fully saturated rings. The van der Waals surface area contributed by atoms with Gasteiger partial charge in [0, 0.05) is 19.0 Å². The molecule has 1 saturated heterocycles. The number of carbonyl (C=O) groups is 2. The Morgan fingerprint density at radius 3 is 2.50 bits per heavy atom. The molecule has 0 spiro atoms. The van der Waals surface area contributed by atoms with E-state index in [1.54, 1.807) is 6.92 Å². The molecule has 0 saturated carbocycles. The van der Waals surface area contributed by atoms with Crippen LogP contribution in [0.4, 0.5) is 8.78 Å². The van der Waals surface area contributed by atoms with Crippen LogP contribution in [0.3, 0.4) is 0 Å². The first kappa shape index (κ1) is 20.3. The number of aliphatic hydroxyl groups excluding tert-OH is 1. The van der Waals surface area contributed by atoms with Gasteiger partial charge < -0.3 is 20.5 Å². The van der Waals surface area contributed by atoms with E-state index in [9.17, 15) is 23.5 Å². The van der Waals surface area contributed by atoms with E-state index in [2.05, 4.69) is 10.6 Å². The number of halogens is 2. The topological polar surface area (TPSA) is 87.7 Å². The van der Waals surface area contributed by atoms with Crippen LogP contribution in [0.2, 0.25) is 0 Å². The van der Waals surface area contributed by atoms with E-state index < -0.39 is 17.7 Å². The summed E-state index contributed by atoms with van der Waals surface area (Å²) in [4.78, 5) is 23.5. The summed E-state index contributed by atoms with van der Waals surface area (Å²) in [6.45, 7) is 1.50. The van der Waals surface area contributed by atoms with Crippen molar-refractivity contribution in [3.05, 3.63) is 35.4 Å². The molecular formula is C18H24F2N2O4. The van der Waals surface area contributed by atoms with Gasteiger partial charge in [-0.1, -0.05) is 6.92 Å². The fourth-order valence-electron chi connectivity index (χ4n) is 2.95. The van der Waals surface area contributed by atoms with Crippen LogP contribution in [0.1, 0.15) is 38.2 Å². The number of aliphatic hydroxyl groups is 1. The van der Waals surface area contributed by atoms with Gasteiger partial charge in [-0.25, -0.2) is 8.78 Å². The lowest BCUT2D eigenvalue weighted by Gasteiger charge is -2.36. The molecule has 3 N–H and O–H groups in total. The lowest BCUT2D eigenvalue weighted by atomic mass is 9.96. The molecule has 6 nitrogen and oxygen atoms in total. The highest BCUT2D eigenvalue weighted by molar-refractivity contribution is 5.76. The minimum atomic E-state index is -0.698. The summed E-state index contributed by atoms with van der Waals surface area (Å²) >= 11 is 0. The van der Waals surface area contributed by atoms with Gasteiger partial charge >= 0.3 is 0 Å². The molecule has 1 aromatic rings. The van der Waals surface area contributed by atoms with Crippen LogP contribution in [0, 0.1) is 11.6 Å². The Kier molecular flexibility index (Phi) is 7.47. The first-order valence-corrected chi connectivity index (χ1v) is 8.68. The van der Waals surface area contributed by atoms with Crippen LogP contribution in [0.25, 0.3) is 0 Å². The SMILES string of the molecule is CCC(=O)N[C@@H]1CC[C@@H](CC(=O)NCc2cc(F)cc(F)c2)O[C@H]1CO. The van der Waals surface area contributed by atoms with Crippen LogP contribution in [-0.4, -0.2) is 41.8 Å². The first-order valence-electron chi connectivity index (χ1n) is 8.68. The van der Waals surface area contributed by atoms with Crippen molar-refractivity contribution < 1.29 is 28.2 Å². The molecule has 1 aliphatic rings. The van der Waals surface area contributed by atoms with E-state index in [0.29, 0.717) is 24.8 Å². The molecule has 2 amide bonds. The molecule has 3 atom stereocenters. The van der Waals surface area contributed by atoms with Crippen LogP contribution < -0.4 is 10.6 Å². The third-order valence-corrected chi connectivity index (χ3v) is 4.29. The number of rotatable bonds is 7. The number of hydrogen-bond acceptors (Lipinski definition) is 4. The number of ether oxygens (including phenoxy) is 1. The zero-order valence-corrected chi connectivity index (χ0v) is 14.6. The quantitative estimate of drug-likeness (QED) is 0.677. The smallest absolute Gasteiger partial charge is 0.222 e. The van der Waals surface area contributed by atoms with E-state index in [1.165, 1.54) is 0 Å². The summed E-state index contributed by atoms with van der Waals surface area (Å²) in [6.07, 6.45) is 0.640. The van der Waals surface area contributed by atoms with Crippen molar-refractivity contribution in [3.8, 4) is 0 Å². The van der Waals surface area contributed by atoms with Crippen LogP contribution >= 0.6 is 0 Å². The molecular weight excluding hydrogens is 346 g/mol. The predicted molar refractivity (Wildman–Crippen MR) is 90.0 cm³/mol. The lowest BCUT2D eigenvalue weighted by Crippen LogP contribution is -2.51. The molecule has 8 heteroatoms. The maximum Gasteiger partial charge on any atom is 0.222 e. The molecule has 0 aliphatic carbocycles. The minimum absolute atomic E-state index is 0.0127. The molecule has 144 valence electrons. The van der Waals surface area contributed by atoms with Crippen molar-refractivity contribution in [2.75, 3.05) is 6.61 Å². The van der Waals surface area contributed by atoms with E-state index >= 15 is 0 Å². The Balaban J connectivity index is 1.81. The first-order chi connectivity index (χ1) is 12.4. The van der Waals surface area contributed by atoms with Gasteiger partial charge in [-0.2, -0.15) is 0 Å². The van der Waals surface area contributed by atoms with Gasteiger partial charge in [0.2, 0.25) is 11.8 Å². The zero-order chi connectivity index (χ0) is 19.1. The van der Waals surface area contributed by atoms with Gasteiger partial charge in [0.1, 0.15) is 17.7 Å².